The maximum atomic E-state index is 12.4. The van der Waals surface area contributed by atoms with Crippen LogP contribution in [0.5, 0.6) is 0 Å². The molecule has 0 aliphatic carbocycles. The van der Waals surface area contributed by atoms with Gasteiger partial charge in [-0.1, -0.05) is 0 Å². The van der Waals surface area contributed by atoms with Gasteiger partial charge in [0.05, 0.1) is 12.9 Å². The van der Waals surface area contributed by atoms with Gasteiger partial charge in [-0.2, -0.15) is 4.31 Å². The van der Waals surface area contributed by atoms with Crippen molar-refractivity contribution in [1.82, 2.24) is 13.9 Å². The van der Waals surface area contributed by atoms with E-state index in [0.29, 0.717) is 6.54 Å². The van der Waals surface area contributed by atoms with Crippen molar-refractivity contribution in [3.05, 3.63) is 12.5 Å². The fraction of sp³-hybridized carbons (Fsp3) is 0.600. The van der Waals surface area contributed by atoms with E-state index in [-0.39, 0.29) is 30.6 Å². The fourth-order valence-electron chi connectivity index (χ4n) is 1.81. The summed E-state index contributed by atoms with van der Waals surface area (Å²) in [5.41, 5.74) is 5.35. The Morgan fingerprint density at radius 3 is 3.00 bits per heavy atom. The van der Waals surface area contributed by atoms with Crippen LogP contribution in [-0.4, -0.2) is 53.9 Å². The predicted octanol–water partition coefficient (Wildman–Crippen LogP) is -0.772. The van der Waals surface area contributed by atoms with E-state index in [1.54, 1.807) is 4.57 Å². The summed E-state index contributed by atoms with van der Waals surface area (Å²) in [6, 6.07) is 0. The zero-order valence-corrected chi connectivity index (χ0v) is 11.4. The molecule has 1 aliphatic heterocycles. The Morgan fingerprint density at radius 1 is 1.68 bits per heavy atom. The zero-order valence-electron chi connectivity index (χ0n) is 10.6. The molecule has 0 aromatic carbocycles. The quantitative estimate of drug-likeness (QED) is 0.557. The Hall–Kier alpha value is -1.45. The molecule has 1 aromatic rings. The van der Waals surface area contributed by atoms with Crippen LogP contribution in [0.1, 0.15) is 6.92 Å². The Labute approximate surface area is 111 Å². The number of sulfonamides is 1. The van der Waals surface area contributed by atoms with Crippen molar-refractivity contribution < 1.29 is 13.2 Å². The third-order valence-corrected chi connectivity index (χ3v) is 4.71. The van der Waals surface area contributed by atoms with Gasteiger partial charge >= 0.3 is 0 Å². The van der Waals surface area contributed by atoms with E-state index >= 15 is 0 Å². The smallest absolute Gasteiger partial charge is 0.262 e. The number of nitrogens with zero attached hydrogens (tertiary/aromatic N) is 3. The Bertz CT molecular complexity index is 567. The molecule has 0 radical (unpaired) electrons. The molecule has 1 unspecified atom stereocenters. The average molecular weight is 287 g/mol. The van der Waals surface area contributed by atoms with Gasteiger partial charge in [-0.05, 0) is 6.92 Å². The van der Waals surface area contributed by atoms with E-state index < -0.39 is 16.1 Å². The number of ether oxygens (including phenoxy) is 1. The first-order chi connectivity index (χ1) is 8.95. The molecule has 8 nitrogen and oxygen atoms in total. The van der Waals surface area contributed by atoms with Crippen LogP contribution in [0.3, 0.4) is 0 Å². The van der Waals surface area contributed by atoms with Gasteiger partial charge in [-0.3, -0.25) is 5.41 Å². The molecule has 19 heavy (non-hydrogen) atoms. The molecule has 106 valence electrons. The highest BCUT2D eigenvalue weighted by atomic mass is 32.2. The van der Waals surface area contributed by atoms with Crippen molar-refractivity contribution >= 4 is 15.9 Å². The summed E-state index contributed by atoms with van der Waals surface area (Å²) >= 11 is 0. The van der Waals surface area contributed by atoms with Gasteiger partial charge in [0.1, 0.15) is 11.9 Å². The number of aromatic nitrogens is 2. The number of nitrogens with two attached hydrogens (primary N) is 1. The molecule has 3 N–H and O–H groups in total. The van der Waals surface area contributed by atoms with Crippen LogP contribution in [0.2, 0.25) is 0 Å². The minimum Gasteiger partial charge on any atom is -0.385 e. The number of amidine groups is 1. The van der Waals surface area contributed by atoms with Crippen LogP contribution in [0.4, 0.5) is 0 Å². The molecule has 0 amide bonds. The minimum absolute atomic E-state index is 0.0125. The lowest BCUT2D eigenvalue weighted by Gasteiger charge is -2.30. The maximum absolute atomic E-state index is 12.4. The molecule has 0 spiro atoms. The Morgan fingerprint density at radius 2 is 2.42 bits per heavy atom. The number of aryl methyl sites for hydroxylation is 1. The molecule has 2 rings (SSSR count). The summed E-state index contributed by atoms with van der Waals surface area (Å²) in [5, 5.41) is 7.35. The number of hydrogen-bond acceptors (Lipinski definition) is 5. The average Bonchev–Trinajstić information content (AvgIpc) is 2.88. The van der Waals surface area contributed by atoms with Gasteiger partial charge in [-0.15, -0.1) is 0 Å². The molecule has 0 bridgehead atoms. The maximum Gasteiger partial charge on any atom is 0.262 e. The standard InChI is InChI=1S/C10H17N5O3S/c1-2-14-6-9(13-7-14)19(16,17)15-3-4-18-8(5-15)10(11)12/h6-8H,2-5H2,1H3,(H3,11,12). The molecule has 9 heteroatoms. The van der Waals surface area contributed by atoms with Crippen molar-refractivity contribution in [2.45, 2.75) is 24.6 Å². The van der Waals surface area contributed by atoms with E-state index in [0.717, 1.165) is 0 Å². The minimum atomic E-state index is -3.65. The van der Waals surface area contributed by atoms with Crippen molar-refractivity contribution in [2.75, 3.05) is 19.7 Å². The predicted molar refractivity (Wildman–Crippen MR) is 68.3 cm³/mol. The third-order valence-electron chi connectivity index (χ3n) is 2.95. The summed E-state index contributed by atoms with van der Waals surface area (Å²) in [5.74, 6) is -0.168. The molecule has 1 aliphatic rings. The van der Waals surface area contributed by atoms with Crippen molar-refractivity contribution in [2.24, 2.45) is 5.73 Å². The van der Waals surface area contributed by atoms with Crippen LogP contribution in [0, 0.1) is 5.41 Å². The van der Waals surface area contributed by atoms with E-state index in [4.69, 9.17) is 15.9 Å². The monoisotopic (exact) mass is 287 g/mol. The first kappa shape index (κ1) is 14.0. The second-order valence-corrected chi connectivity index (χ2v) is 6.10. The fourth-order valence-corrected chi connectivity index (χ4v) is 3.17. The van der Waals surface area contributed by atoms with Gasteiger partial charge in [0.15, 0.2) is 5.03 Å². The van der Waals surface area contributed by atoms with Gasteiger partial charge < -0.3 is 15.0 Å². The second kappa shape index (κ2) is 5.27. The Balaban J connectivity index is 2.21. The van der Waals surface area contributed by atoms with Crippen LogP contribution in [0.15, 0.2) is 17.6 Å². The number of nitrogens with one attached hydrogen (secondary N) is 1. The van der Waals surface area contributed by atoms with Gasteiger partial charge in [0.2, 0.25) is 0 Å². The molecular weight excluding hydrogens is 270 g/mol. The summed E-state index contributed by atoms with van der Waals surface area (Å²) in [4.78, 5) is 3.91. The van der Waals surface area contributed by atoms with Gasteiger partial charge in [0.25, 0.3) is 10.0 Å². The molecule has 1 aromatic heterocycles. The van der Waals surface area contributed by atoms with Crippen molar-refractivity contribution in [1.29, 1.82) is 5.41 Å². The van der Waals surface area contributed by atoms with Crippen LogP contribution in [0.25, 0.3) is 0 Å². The number of morpholine rings is 1. The lowest BCUT2D eigenvalue weighted by atomic mass is 10.3. The van der Waals surface area contributed by atoms with Crippen molar-refractivity contribution in [3.8, 4) is 0 Å². The molecule has 0 saturated carbocycles. The van der Waals surface area contributed by atoms with E-state index in [2.05, 4.69) is 4.98 Å². The first-order valence-corrected chi connectivity index (χ1v) is 7.36. The second-order valence-electron chi connectivity index (χ2n) is 4.22. The number of rotatable bonds is 4. The lowest BCUT2D eigenvalue weighted by Crippen LogP contribution is -2.50. The van der Waals surface area contributed by atoms with Crippen LogP contribution in [-0.2, 0) is 21.3 Å². The number of hydrogen-bond donors (Lipinski definition) is 2. The van der Waals surface area contributed by atoms with Crippen LogP contribution < -0.4 is 5.73 Å². The molecule has 1 fully saturated rings. The first-order valence-electron chi connectivity index (χ1n) is 5.92. The number of imidazole rings is 1. The SMILES string of the molecule is CCn1cnc(S(=O)(=O)N2CCOC(C(=N)N)C2)c1. The molecule has 1 saturated heterocycles. The summed E-state index contributed by atoms with van der Waals surface area (Å²) in [6.07, 6.45) is 2.29. The lowest BCUT2D eigenvalue weighted by molar-refractivity contribution is 0.0367. The molecule has 2 heterocycles. The highest BCUT2D eigenvalue weighted by molar-refractivity contribution is 7.89. The topological polar surface area (TPSA) is 114 Å². The largest absolute Gasteiger partial charge is 0.385 e. The molecular formula is C10H17N5O3S. The highest BCUT2D eigenvalue weighted by Crippen LogP contribution is 2.17. The highest BCUT2D eigenvalue weighted by Gasteiger charge is 2.33. The third kappa shape index (κ3) is 2.77. The van der Waals surface area contributed by atoms with E-state index in [9.17, 15) is 8.42 Å². The Kier molecular flexibility index (Phi) is 3.88. The van der Waals surface area contributed by atoms with Gasteiger partial charge in [-0.25, -0.2) is 13.4 Å². The zero-order chi connectivity index (χ0) is 14.0. The summed E-state index contributed by atoms with van der Waals surface area (Å²) < 4.78 is 32.9. The molecule has 1 atom stereocenters. The normalized spacial score (nSPS) is 21.4. The summed E-state index contributed by atoms with van der Waals surface area (Å²) in [6.45, 7) is 3.07. The van der Waals surface area contributed by atoms with Crippen LogP contribution >= 0.6 is 0 Å². The van der Waals surface area contributed by atoms with Crippen molar-refractivity contribution in [3.63, 3.8) is 0 Å². The van der Waals surface area contributed by atoms with E-state index in [1.807, 2.05) is 6.92 Å². The summed E-state index contributed by atoms with van der Waals surface area (Å²) in [7, 11) is -3.65. The van der Waals surface area contributed by atoms with Gasteiger partial charge in [0, 0.05) is 25.8 Å². The van der Waals surface area contributed by atoms with E-state index in [1.165, 1.54) is 16.8 Å².